The van der Waals surface area contributed by atoms with Crippen molar-refractivity contribution in [2.45, 2.75) is 23.9 Å². The van der Waals surface area contributed by atoms with Crippen LogP contribution in [0.15, 0.2) is 72.4 Å². The standard InChI is InChI=1S/C20H18FN3OS/c1-3-13-24-19(16-11-7-8-12-17(16)21)22-23-20(24)26-14(2)18(25)15-9-5-4-6-10-15/h3-12,14H,1,13H2,2H3. The first-order chi connectivity index (χ1) is 12.6. The fourth-order valence-electron chi connectivity index (χ4n) is 2.56. The highest BCUT2D eigenvalue weighted by atomic mass is 32.2. The van der Waals surface area contributed by atoms with Crippen LogP contribution in [-0.4, -0.2) is 25.8 Å². The summed E-state index contributed by atoms with van der Waals surface area (Å²) >= 11 is 1.30. The van der Waals surface area contributed by atoms with Crippen LogP contribution < -0.4 is 0 Å². The molecule has 1 unspecified atom stereocenters. The molecule has 4 nitrogen and oxygen atoms in total. The number of allylic oxidation sites excluding steroid dienone is 1. The number of hydrogen-bond acceptors (Lipinski definition) is 4. The molecule has 0 bridgehead atoms. The molecule has 0 fully saturated rings. The molecular formula is C20H18FN3OS. The number of carbonyl (C=O) groups excluding carboxylic acids is 1. The van der Waals surface area contributed by atoms with E-state index in [4.69, 9.17) is 0 Å². The molecule has 1 heterocycles. The molecule has 0 saturated heterocycles. The molecular weight excluding hydrogens is 349 g/mol. The van der Waals surface area contributed by atoms with E-state index in [2.05, 4.69) is 16.8 Å². The van der Waals surface area contributed by atoms with Gasteiger partial charge in [0.1, 0.15) is 5.82 Å². The summed E-state index contributed by atoms with van der Waals surface area (Å²) in [5.41, 5.74) is 1.02. The summed E-state index contributed by atoms with van der Waals surface area (Å²) < 4.78 is 15.9. The third-order valence-electron chi connectivity index (χ3n) is 3.85. The Morgan fingerprint density at radius 3 is 2.58 bits per heavy atom. The summed E-state index contributed by atoms with van der Waals surface area (Å²) in [5.74, 6) is 0.0660. The third-order valence-corrected chi connectivity index (χ3v) is 4.93. The average Bonchev–Trinajstić information content (AvgIpc) is 3.05. The molecule has 0 aliphatic heterocycles. The zero-order valence-electron chi connectivity index (χ0n) is 14.3. The lowest BCUT2D eigenvalue weighted by atomic mass is 10.1. The van der Waals surface area contributed by atoms with Crippen molar-refractivity contribution < 1.29 is 9.18 Å². The number of hydrogen-bond donors (Lipinski definition) is 0. The van der Waals surface area contributed by atoms with Gasteiger partial charge < -0.3 is 0 Å². The maximum atomic E-state index is 14.1. The molecule has 6 heteroatoms. The predicted molar refractivity (Wildman–Crippen MR) is 102 cm³/mol. The number of thioether (sulfide) groups is 1. The summed E-state index contributed by atoms with van der Waals surface area (Å²) in [7, 11) is 0. The van der Waals surface area contributed by atoms with E-state index < -0.39 is 0 Å². The van der Waals surface area contributed by atoms with Crippen LogP contribution >= 0.6 is 11.8 Å². The number of halogens is 1. The van der Waals surface area contributed by atoms with Crippen LogP contribution in [0.5, 0.6) is 0 Å². The Bertz CT molecular complexity index is 924. The molecule has 26 heavy (non-hydrogen) atoms. The summed E-state index contributed by atoms with van der Waals surface area (Å²) in [4.78, 5) is 12.6. The van der Waals surface area contributed by atoms with Crippen molar-refractivity contribution >= 4 is 17.5 Å². The van der Waals surface area contributed by atoms with E-state index in [1.54, 1.807) is 41.0 Å². The lowest BCUT2D eigenvalue weighted by Gasteiger charge is -2.12. The summed E-state index contributed by atoms with van der Waals surface area (Å²) in [6.45, 7) is 6.00. The van der Waals surface area contributed by atoms with E-state index in [1.165, 1.54) is 17.8 Å². The zero-order valence-corrected chi connectivity index (χ0v) is 15.1. The Labute approximate surface area is 155 Å². The Kier molecular flexibility index (Phi) is 5.63. The van der Waals surface area contributed by atoms with Crippen molar-refractivity contribution in [3.63, 3.8) is 0 Å². The lowest BCUT2D eigenvalue weighted by molar-refractivity contribution is 0.0994. The predicted octanol–water partition coefficient (Wildman–Crippen LogP) is 4.63. The van der Waals surface area contributed by atoms with E-state index in [9.17, 15) is 9.18 Å². The quantitative estimate of drug-likeness (QED) is 0.347. The number of ketones is 1. The Morgan fingerprint density at radius 1 is 1.19 bits per heavy atom. The van der Waals surface area contributed by atoms with E-state index in [0.717, 1.165) is 0 Å². The molecule has 0 radical (unpaired) electrons. The minimum Gasteiger partial charge on any atom is -0.298 e. The smallest absolute Gasteiger partial charge is 0.192 e. The van der Waals surface area contributed by atoms with Crippen molar-refractivity contribution in [2.24, 2.45) is 0 Å². The molecule has 2 aromatic carbocycles. The van der Waals surface area contributed by atoms with Gasteiger partial charge in [0.2, 0.25) is 0 Å². The number of Topliss-reactive ketones (excluding diaryl/α,β-unsaturated/α-hetero) is 1. The van der Waals surface area contributed by atoms with Crippen LogP contribution in [0.1, 0.15) is 17.3 Å². The van der Waals surface area contributed by atoms with Crippen LogP contribution in [0.25, 0.3) is 11.4 Å². The molecule has 0 saturated carbocycles. The third kappa shape index (κ3) is 3.75. The van der Waals surface area contributed by atoms with Crippen LogP contribution in [-0.2, 0) is 6.54 Å². The molecule has 1 aromatic heterocycles. The number of benzene rings is 2. The van der Waals surface area contributed by atoms with Crippen LogP contribution in [0.2, 0.25) is 0 Å². The second-order valence-corrected chi connectivity index (χ2v) is 6.98. The number of aromatic nitrogens is 3. The van der Waals surface area contributed by atoms with E-state index >= 15 is 0 Å². The second-order valence-electron chi connectivity index (χ2n) is 5.68. The minimum absolute atomic E-state index is 0.0104. The van der Waals surface area contributed by atoms with Gasteiger partial charge >= 0.3 is 0 Å². The van der Waals surface area contributed by atoms with Gasteiger partial charge in [0, 0.05) is 12.1 Å². The van der Waals surface area contributed by atoms with Gasteiger partial charge in [0.05, 0.1) is 10.8 Å². The van der Waals surface area contributed by atoms with Crippen LogP contribution in [0.4, 0.5) is 4.39 Å². The lowest BCUT2D eigenvalue weighted by Crippen LogP contribution is -2.14. The van der Waals surface area contributed by atoms with Gasteiger partial charge in [-0.3, -0.25) is 9.36 Å². The summed E-state index contributed by atoms with van der Waals surface area (Å²) in [6, 6.07) is 15.5. The fraction of sp³-hybridized carbons (Fsp3) is 0.150. The van der Waals surface area contributed by atoms with Crippen molar-refractivity contribution in [3.05, 3.63) is 78.6 Å². The molecule has 0 aliphatic rings. The molecule has 3 rings (SSSR count). The minimum atomic E-state index is -0.366. The van der Waals surface area contributed by atoms with E-state index in [0.29, 0.717) is 28.7 Å². The van der Waals surface area contributed by atoms with Gasteiger partial charge in [0.15, 0.2) is 16.8 Å². The van der Waals surface area contributed by atoms with Gasteiger partial charge in [0.25, 0.3) is 0 Å². The number of nitrogens with zero attached hydrogens (tertiary/aromatic N) is 3. The monoisotopic (exact) mass is 367 g/mol. The van der Waals surface area contributed by atoms with Crippen molar-refractivity contribution in [3.8, 4) is 11.4 Å². The molecule has 0 spiro atoms. The Hall–Kier alpha value is -2.73. The van der Waals surface area contributed by atoms with E-state index in [-0.39, 0.29) is 16.9 Å². The zero-order chi connectivity index (χ0) is 18.5. The maximum Gasteiger partial charge on any atom is 0.192 e. The van der Waals surface area contributed by atoms with E-state index in [1.807, 2.05) is 25.1 Å². The first kappa shape index (κ1) is 18.1. The van der Waals surface area contributed by atoms with Gasteiger partial charge in [-0.05, 0) is 19.1 Å². The molecule has 3 aromatic rings. The highest BCUT2D eigenvalue weighted by Gasteiger charge is 2.22. The Balaban J connectivity index is 1.90. The Morgan fingerprint density at radius 2 is 1.88 bits per heavy atom. The average molecular weight is 367 g/mol. The highest BCUT2D eigenvalue weighted by molar-refractivity contribution is 8.00. The number of carbonyl (C=O) groups is 1. The van der Waals surface area contributed by atoms with Crippen LogP contribution in [0.3, 0.4) is 0 Å². The number of rotatable bonds is 7. The van der Waals surface area contributed by atoms with Crippen molar-refractivity contribution in [1.82, 2.24) is 14.8 Å². The molecule has 0 aliphatic carbocycles. The summed E-state index contributed by atoms with van der Waals surface area (Å²) in [5, 5.41) is 8.53. The normalized spacial score (nSPS) is 11.9. The van der Waals surface area contributed by atoms with Gasteiger partial charge in [-0.2, -0.15) is 0 Å². The highest BCUT2D eigenvalue weighted by Crippen LogP contribution is 2.29. The molecule has 1 atom stereocenters. The van der Waals surface area contributed by atoms with Crippen molar-refractivity contribution in [2.75, 3.05) is 0 Å². The van der Waals surface area contributed by atoms with Gasteiger partial charge in [-0.25, -0.2) is 4.39 Å². The van der Waals surface area contributed by atoms with Gasteiger partial charge in [-0.1, -0.05) is 60.3 Å². The fourth-order valence-corrected chi connectivity index (χ4v) is 3.50. The van der Waals surface area contributed by atoms with Gasteiger partial charge in [-0.15, -0.1) is 16.8 Å². The first-order valence-electron chi connectivity index (χ1n) is 8.16. The second kappa shape index (κ2) is 8.10. The topological polar surface area (TPSA) is 47.8 Å². The molecule has 0 N–H and O–H groups in total. The van der Waals surface area contributed by atoms with Crippen LogP contribution in [0, 0.1) is 5.82 Å². The summed E-state index contributed by atoms with van der Waals surface area (Å²) in [6.07, 6.45) is 1.70. The first-order valence-corrected chi connectivity index (χ1v) is 9.04. The molecule has 132 valence electrons. The molecule has 0 amide bonds. The SMILES string of the molecule is C=CCn1c(SC(C)C(=O)c2ccccc2)nnc1-c1ccccc1F. The largest absolute Gasteiger partial charge is 0.298 e. The maximum absolute atomic E-state index is 14.1. The van der Waals surface area contributed by atoms with Crippen molar-refractivity contribution in [1.29, 1.82) is 0 Å².